The molecule has 0 spiro atoms. The van der Waals surface area contributed by atoms with Gasteiger partial charge in [0.2, 0.25) is 10.0 Å². The second-order valence-electron chi connectivity index (χ2n) is 7.28. The minimum absolute atomic E-state index is 0.0773. The topological polar surface area (TPSA) is 72.2 Å². The Balaban J connectivity index is 2.06. The van der Waals surface area contributed by atoms with Crippen molar-refractivity contribution >= 4 is 10.0 Å². The standard InChI is InChI=1S/C14H28N2O2S/c1-13(2)11-6-7-14(3,10-11)12(13)16-19(17,18)9-5-4-8-15/h11-12,16H,4-10,15H2,1-3H3. The maximum atomic E-state index is 12.2. The molecule has 2 saturated carbocycles. The van der Waals surface area contributed by atoms with E-state index in [9.17, 15) is 8.42 Å². The molecule has 19 heavy (non-hydrogen) atoms. The van der Waals surface area contributed by atoms with Gasteiger partial charge >= 0.3 is 0 Å². The molecule has 0 saturated heterocycles. The van der Waals surface area contributed by atoms with Gasteiger partial charge in [-0.1, -0.05) is 20.8 Å². The van der Waals surface area contributed by atoms with E-state index < -0.39 is 10.0 Å². The first-order valence-electron chi connectivity index (χ1n) is 7.41. The van der Waals surface area contributed by atoms with Gasteiger partial charge in [0.05, 0.1) is 5.75 Å². The van der Waals surface area contributed by atoms with E-state index >= 15 is 0 Å². The minimum atomic E-state index is -3.17. The normalized spacial score (nSPS) is 36.8. The summed E-state index contributed by atoms with van der Waals surface area (Å²) in [6, 6.07) is 0.0848. The molecule has 0 aromatic heterocycles. The van der Waals surface area contributed by atoms with Crippen molar-refractivity contribution in [3.8, 4) is 0 Å². The number of rotatable bonds is 6. The second-order valence-corrected chi connectivity index (χ2v) is 9.15. The molecule has 3 unspecified atom stereocenters. The maximum absolute atomic E-state index is 12.2. The first-order valence-corrected chi connectivity index (χ1v) is 9.06. The van der Waals surface area contributed by atoms with Crippen molar-refractivity contribution in [3.05, 3.63) is 0 Å². The number of fused-ring (bicyclic) bond motifs is 2. The SMILES string of the molecule is CC12CCC(C1)C(C)(C)C2NS(=O)(=O)CCCCN. The van der Waals surface area contributed by atoms with E-state index in [-0.39, 0.29) is 22.6 Å². The zero-order valence-corrected chi connectivity index (χ0v) is 13.2. The van der Waals surface area contributed by atoms with Crippen LogP contribution in [0.2, 0.25) is 0 Å². The quantitative estimate of drug-likeness (QED) is 0.733. The van der Waals surface area contributed by atoms with E-state index in [0.29, 0.717) is 18.9 Å². The Morgan fingerprint density at radius 1 is 1.26 bits per heavy atom. The molecular weight excluding hydrogens is 260 g/mol. The zero-order chi connectivity index (χ0) is 14.3. The molecule has 3 N–H and O–H groups in total. The first-order chi connectivity index (χ1) is 8.71. The van der Waals surface area contributed by atoms with Crippen LogP contribution in [0.1, 0.15) is 52.9 Å². The smallest absolute Gasteiger partial charge is 0.211 e. The highest BCUT2D eigenvalue weighted by Gasteiger charge is 2.60. The van der Waals surface area contributed by atoms with Crippen molar-refractivity contribution in [2.24, 2.45) is 22.5 Å². The highest BCUT2D eigenvalue weighted by Crippen LogP contribution is 2.62. The molecule has 2 aliphatic rings. The summed E-state index contributed by atoms with van der Waals surface area (Å²) >= 11 is 0. The maximum Gasteiger partial charge on any atom is 0.211 e. The lowest BCUT2D eigenvalue weighted by Gasteiger charge is -2.42. The summed E-state index contributed by atoms with van der Waals surface area (Å²) in [5.74, 6) is 0.867. The van der Waals surface area contributed by atoms with E-state index in [2.05, 4.69) is 25.5 Å². The molecule has 112 valence electrons. The van der Waals surface area contributed by atoms with Crippen LogP contribution in [0.15, 0.2) is 0 Å². The fourth-order valence-electron chi connectivity index (χ4n) is 4.27. The molecule has 0 aliphatic heterocycles. The molecule has 3 atom stereocenters. The summed E-state index contributed by atoms with van der Waals surface area (Å²) in [6.07, 6.45) is 4.98. The van der Waals surface area contributed by atoms with Crippen LogP contribution < -0.4 is 10.5 Å². The van der Waals surface area contributed by atoms with Gasteiger partial charge in [0.15, 0.2) is 0 Å². The van der Waals surface area contributed by atoms with Gasteiger partial charge in [-0.3, -0.25) is 0 Å². The van der Waals surface area contributed by atoms with Crippen molar-refractivity contribution in [2.45, 2.75) is 58.9 Å². The van der Waals surface area contributed by atoms with E-state index in [1.54, 1.807) is 0 Å². The second kappa shape index (κ2) is 5.01. The molecule has 0 aromatic carbocycles. The van der Waals surface area contributed by atoms with Crippen LogP contribution in [-0.4, -0.2) is 26.8 Å². The van der Waals surface area contributed by atoms with Gasteiger partial charge in [0, 0.05) is 6.04 Å². The summed E-state index contributed by atoms with van der Waals surface area (Å²) in [5, 5.41) is 0. The Hall–Kier alpha value is -0.130. The summed E-state index contributed by atoms with van der Waals surface area (Å²) in [4.78, 5) is 0. The summed E-state index contributed by atoms with van der Waals surface area (Å²) in [6.45, 7) is 7.24. The van der Waals surface area contributed by atoms with E-state index in [1.807, 2.05) is 0 Å². The van der Waals surface area contributed by atoms with Gasteiger partial charge in [0.25, 0.3) is 0 Å². The third kappa shape index (κ3) is 2.83. The molecule has 2 rings (SSSR count). The summed E-state index contributed by atoms with van der Waals surface area (Å²) < 4.78 is 27.4. The van der Waals surface area contributed by atoms with Crippen molar-refractivity contribution in [1.82, 2.24) is 4.72 Å². The molecule has 2 fully saturated rings. The first kappa shape index (κ1) is 15.3. The van der Waals surface area contributed by atoms with Gasteiger partial charge in [-0.05, 0) is 55.4 Å². The molecule has 0 amide bonds. The largest absolute Gasteiger partial charge is 0.330 e. The highest BCUT2D eigenvalue weighted by molar-refractivity contribution is 7.89. The molecule has 0 aromatic rings. The number of nitrogens with two attached hydrogens (primary N) is 1. The van der Waals surface area contributed by atoms with Gasteiger partial charge in [-0.25, -0.2) is 13.1 Å². The Bertz CT molecular complexity index is 428. The van der Waals surface area contributed by atoms with Crippen molar-refractivity contribution in [2.75, 3.05) is 12.3 Å². The lowest BCUT2D eigenvalue weighted by molar-refractivity contribution is 0.127. The van der Waals surface area contributed by atoms with Gasteiger partial charge in [-0.15, -0.1) is 0 Å². The third-order valence-electron chi connectivity index (χ3n) is 5.43. The fourth-order valence-corrected chi connectivity index (χ4v) is 5.92. The van der Waals surface area contributed by atoms with Crippen LogP contribution in [-0.2, 0) is 10.0 Å². The number of sulfonamides is 1. The molecule has 0 heterocycles. The molecule has 2 aliphatic carbocycles. The molecule has 5 heteroatoms. The van der Waals surface area contributed by atoms with Gasteiger partial charge < -0.3 is 5.73 Å². The minimum Gasteiger partial charge on any atom is -0.330 e. The Morgan fingerprint density at radius 3 is 2.47 bits per heavy atom. The predicted molar refractivity (Wildman–Crippen MR) is 78.2 cm³/mol. The zero-order valence-electron chi connectivity index (χ0n) is 12.4. The molecule has 0 radical (unpaired) electrons. The average molecular weight is 288 g/mol. The fraction of sp³-hybridized carbons (Fsp3) is 1.00. The molecule has 2 bridgehead atoms. The highest BCUT2D eigenvalue weighted by atomic mass is 32.2. The van der Waals surface area contributed by atoms with Crippen LogP contribution >= 0.6 is 0 Å². The van der Waals surface area contributed by atoms with Crippen LogP contribution in [0.25, 0.3) is 0 Å². The van der Waals surface area contributed by atoms with E-state index in [0.717, 1.165) is 19.3 Å². The predicted octanol–water partition coefficient (Wildman–Crippen LogP) is 1.86. The van der Waals surface area contributed by atoms with Gasteiger partial charge in [-0.2, -0.15) is 0 Å². The Labute approximate surface area is 117 Å². The van der Waals surface area contributed by atoms with Crippen LogP contribution in [0.3, 0.4) is 0 Å². The van der Waals surface area contributed by atoms with Crippen LogP contribution in [0, 0.1) is 16.7 Å². The monoisotopic (exact) mass is 288 g/mol. The number of hydrogen-bond donors (Lipinski definition) is 2. The molecule has 4 nitrogen and oxygen atoms in total. The lowest BCUT2D eigenvalue weighted by Crippen LogP contribution is -2.52. The van der Waals surface area contributed by atoms with Crippen LogP contribution in [0.4, 0.5) is 0 Å². The summed E-state index contributed by atoms with van der Waals surface area (Å²) in [5.41, 5.74) is 5.64. The number of unbranched alkanes of at least 4 members (excludes halogenated alkanes) is 1. The third-order valence-corrected chi connectivity index (χ3v) is 6.86. The lowest BCUT2D eigenvalue weighted by atomic mass is 9.69. The van der Waals surface area contributed by atoms with E-state index in [1.165, 1.54) is 6.42 Å². The van der Waals surface area contributed by atoms with Crippen LogP contribution in [0.5, 0.6) is 0 Å². The number of nitrogens with one attached hydrogen (secondary N) is 1. The van der Waals surface area contributed by atoms with Gasteiger partial charge in [0.1, 0.15) is 0 Å². The number of hydrogen-bond acceptors (Lipinski definition) is 3. The van der Waals surface area contributed by atoms with Crippen molar-refractivity contribution in [1.29, 1.82) is 0 Å². The Kier molecular flexibility index (Phi) is 4.02. The average Bonchev–Trinajstić information content (AvgIpc) is 2.76. The van der Waals surface area contributed by atoms with Crippen molar-refractivity contribution < 1.29 is 8.42 Å². The van der Waals surface area contributed by atoms with E-state index in [4.69, 9.17) is 5.73 Å². The molecular formula is C14H28N2O2S. The van der Waals surface area contributed by atoms with Crippen molar-refractivity contribution in [3.63, 3.8) is 0 Å². The summed E-state index contributed by atoms with van der Waals surface area (Å²) in [7, 11) is -3.17. The Morgan fingerprint density at radius 2 is 1.95 bits per heavy atom.